The molecule has 1 amide bonds. The van der Waals surface area contributed by atoms with Crippen LogP contribution in [-0.2, 0) is 0 Å². The third-order valence-corrected chi connectivity index (χ3v) is 5.13. The first-order chi connectivity index (χ1) is 13.7. The SMILES string of the molecule is COc1ccccc1-c1ccc(N2CCN(C(=O)c3ccc(Br)o3)CC2)nn1. The molecule has 7 nitrogen and oxygen atoms in total. The molecular weight excluding hydrogens is 424 g/mol. The molecule has 1 aliphatic heterocycles. The molecular formula is C20H19BrN4O3. The minimum absolute atomic E-state index is 0.0945. The summed E-state index contributed by atoms with van der Waals surface area (Å²) in [6, 6.07) is 15.0. The molecule has 3 heterocycles. The zero-order chi connectivity index (χ0) is 19.5. The highest BCUT2D eigenvalue weighted by Gasteiger charge is 2.25. The number of anilines is 1. The molecule has 1 aromatic carbocycles. The van der Waals surface area contributed by atoms with Gasteiger partial charge in [-0.3, -0.25) is 4.79 Å². The Kier molecular flexibility index (Phi) is 5.29. The number of halogens is 1. The van der Waals surface area contributed by atoms with Gasteiger partial charge in [0.15, 0.2) is 16.2 Å². The lowest BCUT2D eigenvalue weighted by Crippen LogP contribution is -2.49. The number of carbonyl (C=O) groups is 1. The van der Waals surface area contributed by atoms with Crippen LogP contribution in [0.25, 0.3) is 11.3 Å². The van der Waals surface area contributed by atoms with Crippen LogP contribution < -0.4 is 9.64 Å². The van der Waals surface area contributed by atoms with Crippen LogP contribution in [-0.4, -0.2) is 54.3 Å². The van der Waals surface area contributed by atoms with E-state index < -0.39 is 0 Å². The number of rotatable bonds is 4. The quantitative estimate of drug-likeness (QED) is 0.615. The minimum atomic E-state index is -0.0945. The Hall–Kier alpha value is -2.87. The second-order valence-corrected chi connectivity index (χ2v) is 7.14. The van der Waals surface area contributed by atoms with Crippen LogP contribution in [0.15, 0.2) is 57.6 Å². The minimum Gasteiger partial charge on any atom is -0.496 e. The van der Waals surface area contributed by atoms with Gasteiger partial charge < -0.3 is 19.0 Å². The molecule has 0 bridgehead atoms. The Bertz CT molecular complexity index is 966. The van der Waals surface area contributed by atoms with E-state index >= 15 is 0 Å². The summed E-state index contributed by atoms with van der Waals surface area (Å²) < 4.78 is 11.3. The van der Waals surface area contributed by atoms with Crippen molar-refractivity contribution in [1.82, 2.24) is 15.1 Å². The Morgan fingerprint density at radius 2 is 1.82 bits per heavy atom. The molecule has 2 aromatic heterocycles. The first kappa shape index (κ1) is 18.5. The number of furan rings is 1. The summed E-state index contributed by atoms with van der Waals surface area (Å²) in [5, 5.41) is 8.74. The van der Waals surface area contributed by atoms with Crippen molar-refractivity contribution in [3.8, 4) is 17.0 Å². The van der Waals surface area contributed by atoms with Crippen LogP contribution >= 0.6 is 15.9 Å². The average Bonchev–Trinajstić information content (AvgIpc) is 3.20. The van der Waals surface area contributed by atoms with Crippen LogP contribution in [0.2, 0.25) is 0 Å². The van der Waals surface area contributed by atoms with Crippen LogP contribution in [0.1, 0.15) is 10.6 Å². The molecule has 0 unspecified atom stereocenters. The Balaban J connectivity index is 1.42. The number of para-hydroxylation sites is 1. The Labute approximate surface area is 171 Å². The molecule has 0 saturated carbocycles. The molecule has 0 aliphatic carbocycles. The number of hydrogen-bond acceptors (Lipinski definition) is 6. The summed E-state index contributed by atoms with van der Waals surface area (Å²) in [5.41, 5.74) is 1.67. The number of nitrogens with zero attached hydrogens (tertiary/aromatic N) is 4. The molecule has 0 atom stereocenters. The number of hydrogen-bond donors (Lipinski definition) is 0. The predicted molar refractivity (Wildman–Crippen MR) is 109 cm³/mol. The number of piperazine rings is 1. The monoisotopic (exact) mass is 442 g/mol. The lowest BCUT2D eigenvalue weighted by atomic mass is 10.1. The van der Waals surface area contributed by atoms with E-state index in [-0.39, 0.29) is 5.91 Å². The van der Waals surface area contributed by atoms with Gasteiger partial charge in [0.05, 0.1) is 12.8 Å². The number of aromatic nitrogens is 2. The van der Waals surface area contributed by atoms with Gasteiger partial charge >= 0.3 is 0 Å². The van der Waals surface area contributed by atoms with Crippen LogP contribution in [0, 0.1) is 0 Å². The molecule has 1 saturated heterocycles. The molecule has 0 spiro atoms. The topological polar surface area (TPSA) is 71.7 Å². The number of ether oxygens (including phenoxy) is 1. The Morgan fingerprint density at radius 3 is 2.46 bits per heavy atom. The molecule has 3 aromatic rings. The van der Waals surface area contributed by atoms with Gasteiger partial charge in [-0.2, -0.15) is 0 Å². The highest BCUT2D eigenvalue weighted by Crippen LogP contribution is 2.28. The van der Waals surface area contributed by atoms with Gasteiger partial charge in [-0.15, -0.1) is 10.2 Å². The lowest BCUT2D eigenvalue weighted by molar-refractivity contribution is 0.0713. The van der Waals surface area contributed by atoms with E-state index in [4.69, 9.17) is 9.15 Å². The summed E-state index contributed by atoms with van der Waals surface area (Å²) in [6.45, 7) is 2.59. The standard InChI is InChI=1S/C20H19BrN4O3/c1-27-16-5-3-2-4-14(16)15-6-9-19(23-22-15)24-10-12-25(13-11-24)20(26)17-7-8-18(21)28-17/h2-9H,10-13H2,1H3. The summed E-state index contributed by atoms with van der Waals surface area (Å²) in [6.07, 6.45) is 0. The fourth-order valence-electron chi connectivity index (χ4n) is 3.22. The molecule has 28 heavy (non-hydrogen) atoms. The molecule has 1 aliphatic rings. The van der Waals surface area contributed by atoms with E-state index in [0.717, 1.165) is 22.8 Å². The zero-order valence-electron chi connectivity index (χ0n) is 15.3. The number of benzene rings is 1. The van der Waals surface area contributed by atoms with E-state index in [1.165, 1.54) is 0 Å². The van der Waals surface area contributed by atoms with E-state index in [0.29, 0.717) is 36.6 Å². The lowest BCUT2D eigenvalue weighted by Gasteiger charge is -2.34. The maximum absolute atomic E-state index is 12.5. The molecule has 144 valence electrons. The predicted octanol–water partition coefficient (Wildman–Crippen LogP) is 3.47. The van der Waals surface area contributed by atoms with E-state index in [9.17, 15) is 4.79 Å². The van der Waals surface area contributed by atoms with Crippen LogP contribution in [0.3, 0.4) is 0 Å². The highest BCUT2D eigenvalue weighted by molar-refractivity contribution is 9.10. The van der Waals surface area contributed by atoms with Crippen LogP contribution in [0.4, 0.5) is 5.82 Å². The van der Waals surface area contributed by atoms with Gasteiger partial charge in [0.25, 0.3) is 5.91 Å². The largest absolute Gasteiger partial charge is 0.496 e. The van der Waals surface area contributed by atoms with Crippen molar-refractivity contribution in [1.29, 1.82) is 0 Å². The molecule has 8 heteroatoms. The summed E-state index contributed by atoms with van der Waals surface area (Å²) in [5.74, 6) is 1.82. The van der Waals surface area contributed by atoms with E-state index in [1.54, 1.807) is 24.1 Å². The maximum Gasteiger partial charge on any atom is 0.289 e. The van der Waals surface area contributed by atoms with E-state index in [1.807, 2.05) is 36.4 Å². The molecule has 0 N–H and O–H groups in total. The smallest absolute Gasteiger partial charge is 0.289 e. The first-order valence-corrected chi connectivity index (χ1v) is 9.71. The van der Waals surface area contributed by atoms with Crippen molar-refractivity contribution < 1.29 is 13.9 Å². The van der Waals surface area contributed by atoms with Gasteiger partial charge in [-0.25, -0.2) is 0 Å². The first-order valence-electron chi connectivity index (χ1n) is 8.92. The summed E-state index contributed by atoms with van der Waals surface area (Å²) in [4.78, 5) is 16.4. The number of carbonyl (C=O) groups excluding carboxylic acids is 1. The fourth-order valence-corrected chi connectivity index (χ4v) is 3.52. The van der Waals surface area contributed by atoms with Gasteiger partial charge in [0.2, 0.25) is 0 Å². The third-order valence-electron chi connectivity index (χ3n) is 4.71. The van der Waals surface area contributed by atoms with Crippen molar-refractivity contribution in [2.75, 3.05) is 38.2 Å². The maximum atomic E-state index is 12.5. The van der Waals surface area contributed by atoms with Gasteiger partial charge in [0, 0.05) is 31.7 Å². The van der Waals surface area contributed by atoms with Gasteiger partial charge in [-0.1, -0.05) is 12.1 Å². The second kappa shape index (κ2) is 8.02. The van der Waals surface area contributed by atoms with Crippen LogP contribution in [0.5, 0.6) is 5.75 Å². The van der Waals surface area contributed by atoms with E-state index in [2.05, 4.69) is 31.0 Å². The van der Waals surface area contributed by atoms with Crippen molar-refractivity contribution in [3.05, 3.63) is 59.0 Å². The average molecular weight is 443 g/mol. The molecule has 0 radical (unpaired) electrons. The Morgan fingerprint density at radius 1 is 1.04 bits per heavy atom. The van der Waals surface area contributed by atoms with Crippen molar-refractivity contribution >= 4 is 27.7 Å². The number of amides is 1. The molecule has 1 fully saturated rings. The third kappa shape index (κ3) is 3.73. The summed E-state index contributed by atoms with van der Waals surface area (Å²) in [7, 11) is 1.64. The van der Waals surface area contributed by atoms with Gasteiger partial charge in [0.1, 0.15) is 5.75 Å². The number of methoxy groups -OCH3 is 1. The normalized spacial score (nSPS) is 14.2. The summed E-state index contributed by atoms with van der Waals surface area (Å²) >= 11 is 3.23. The molecule has 4 rings (SSSR count). The van der Waals surface area contributed by atoms with Crippen molar-refractivity contribution in [2.24, 2.45) is 0 Å². The highest BCUT2D eigenvalue weighted by atomic mass is 79.9. The van der Waals surface area contributed by atoms with Gasteiger partial charge in [-0.05, 0) is 52.3 Å². The zero-order valence-corrected chi connectivity index (χ0v) is 16.9. The fraction of sp³-hybridized carbons (Fsp3) is 0.250. The van der Waals surface area contributed by atoms with Crippen molar-refractivity contribution in [3.63, 3.8) is 0 Å². The second-order valence-electron chi connectivity index (χ2n) is 6.36. The van der Waals surface area contributed by atoms with Crippen molar-refractivity contribution in [2.45, 2.75) is 0 Å².